The first-order valence-corrected chi connectivity index (χ1v) is 7.37. The number of aromatic amines is 1. The van der Waals surface area contributed by atoms with Crippen LogP contribution in [0.2, 0.25) is 0 Å². The largest absolute Gasteiger partial charge is 0.507 e. The van der Waals surface area contributed by atoms with Crippen LogP contribution < -0.4 is 0 Å². The van der Waals surface area contributed by atoms with Gasteiger partial charge in [-0.05, 0) is 40.4 Å². The van der Waals surface area contributed by atoms with E-state index in [1.54, 1.807) is 6.07 Å². The van der Waals surface area contributed by atoms with Crippen molar-refractivity contribution in [3.05, 3.63) is 66.7 Å². The molecule has 2 N–H and O–H groups in total. The Kier molecular flexibility index (Phi) is 2.12. The lowest BCUT2D eigenvalue weighted by Crippen LogP contribution is -1.77. The summed E-state index contributed by atoms with van der Waals surface area (Å²) < 4.78 is 0. The second-order valence-electron chi connectivity index (χ2n) is 5.69. The predicted octanol–water partition coefficient (Wildman–Crippen LogP) is 5.33. The average Bonchev–Trinajstić information content (AvgIpc) is 2.94. The summed E-state index contributed by atoms with van der Waals surface area (Å²) in [5.74, 6) is 0.328. The molecule has 0 aliphatic heterocycles. The highest BCUT2D eigenvalue weighted by Crippen LogP contribution is 2.38. The number of nitrogens with one attached hydrogen (secondary N) is 1. The number of phenolic OH excluding ortho intramolecular Hbond substituents is 1. The van der Waals surface area contributed by atoms with Crippen molar-refractivity contribution < 1.29 is 5.11 Å². The van der Waals surface area contributed by atoms with Gasteiger partial charge in [0.25, 0.3) is 0 Å². The van der Waals surface area contributed by atoms with Gasteiger partial charge < -0.3 is 10.1 Å². The van der Waals surface area contributed by atoms with Crippen molar-refractivity contribution in [1.29, 1.82) is 0 Å². The second-order valence-corrected chi connectivity index (χ2v) is 5.69. The summed E-state index contributed by atoms with van der Waals surface area (Å²) in [6.07, 6.45) is 0. The van der Waals surface area contributed by atoms with Crippen molar-refractivity contribution in [1.82, 2.24) is 4.98 Å². The van der Waals surface area contributed by atoms with E-state index in [2.05, 4.69) is 47.4 Å². The van der Waals surface area contributed by atoms with Crippen LogP contribution >= 0.6 is 0 Å². The molecule has 1 heterocycles. The summed E-state index contributed by atoms with van der Waals surface area (Å²) in [5.41, 5.74) is 2.23. The number of fused-ring (bicyclic) bond motifs is 7. The van der Waals surface area contributed by atoms with Crippen molar-refractivity contribution in [3.8, 4) is 5.75 Å². The quantitative estimate of drug-likeness (QED) is 0.396. The molecule has 0 aliphatic rings. The molecule has 0 saturated carbocycles. The topological polar surface area (TPSA) is 36.0 Å². The molecule has 0 radical (unpaired) electrons. The van der Waals surface area contributed by atoms with Crippen molar-refractivity contribution in [2.24, 2.45) is 0 Å². The minimum Gasteiger partial charge on any atom is -0.507 e. The molecule has 5 aromatic rings. The zero-order chi connectivity index (χ0) is 14.7. The third-order valence-corrected chi connectivity index (χ3v) is 4.49. The third kappa shape index (κ3) is 1.39. The number of H-pyrrole nitrogens is 1. The van der Waals surface area contributed by atoms with Crippen molar-refractivity contribution in [2.75, 3.05) is 0 Å². The SMILES string of the molecule is Oc1cccc2c1ccc1[nH]c3ccc4ccccc4c3c12. The van der Waals surface area contributed by atoms with E-state index in [4.69, 9.17) is 0 Å². The van der Waals surface area contributed by atoms with E-state index >= 15 is 0 Å². The monoisotopic (exact) mass is 283 g/mol. The Bertz CT molecular complexity index is 1180. The van der Waals surface area contributed by atoms with Crippen LogP contribution in [0.25, 0.3) is 43.4 Å². The normalized spacial score (nSPS) is 11.8. The van der Waals surface area contributed by atoms with Crippen LogP contribution in [-0.4, -0.2) is 10.1 Å². The maximum Gasteiger partial charge on any atom is 0.123 e. The molecule has 104 valence electrons. The summed E-state index contributed by atoms with van der Waals surface area (Å²) in [4.78, 5) is 3.50. The molecule has 2 heteroatoms. The molecule has 0 spiro atoms. The highest BCUT2D eigenvalue weighted by Gasteiger charge is 2.12. The molecule has 0 amide bonds. The summed E-state index contributed by atoms with van der Waals surface area (Å²) >= 11 is 0. The lowest BCUT2D eigenvalue weighted by atomic mass is 9.99. The van der Waals surface area contributed by atoms with Crippen LogP contribution in [0.15, 0.2) is 66.7 Å². The minimum absolute atomic E-state index is 0.328. The van der Waals surface area contributed by atoms with Gasteiger partial charge in [-0.1, -0.05) is 42.5 Å². The molecule has 0 saturated heterocycles. The number of rotatable bonds is 0. The van der Waals surface area contributed by atoms with E-state index in [0.29, 0.717) is 5.75 Å². The van der Waals surface area contributed by atoms with Gasteiger partial charge in [0.15, 0.2) is 0 Å². The number of benzene rings is 4. The molecule has 22 heavy (non-hydrogen) atoms. The maximum absolute atomic E-state index is 10.1. The van der Waals surface area contributed by atoms with Crippen molar-refractivity contribution >= 4 is 43.4 Å². The van der Waals surface area contributed by atoms with Crippen LogP contribution in [0.3, 0.4) is 0 Å². The van der Waals surface area contributed by atoms with E-state index in [1.165, 1.54) is 21.5 Å². The Labute approximate surface area is 126 Å². The summed E-state index contributed by atoms with van der Waals surface area (Å²) in [6, 6.07) is 22.4. The van der Waals surface area contributed by atoms with E-state index in [0.717, 1.165) is 21.8 Å². The Morgan fingerprint density at radius 3 is 2.23 bits per heavy atom. The smallest absolute Gasteiger partial charge is 0.123 e. The standard InChI is InChI=1S/C20H13NO/c22-18-7-3-6-15-14(18)9-11-17-20(15)19-13-5-2-1-4-12(13)8-10-16(19)21-17/h1-11,21-22H. The van der Waals surface area contributed by atoms with Gasteiger partial charge >= 0.3 is 0 Å². The highest BCUT2D eigenvalue weighted by atomic mass is 16.3. The Balaban J connectivity index is 2.16. The van der Waals surface area contributed by atoms with Gasteiger partial charge in [0, 0.05) is 27.2 Å². The van der Waals surface area contributed by atoms with Crippen molar-refractivity contribution in [2.45, 2.75) is 0 Å². The Morgan fingerprint density at radius 2 is 1.32 bits per heavy atom. The average molecular weight is 283 g/mol. The lowest BCUT2D eigenvalue weighted by molar-refractivity contribution is 0.481. The second kappa shape index (κ2) is 4.01. The fourth-order valence-electron chi connectivity index (χ4n) is 3.50. The Morgan fingerprint density at radius 1 is 0.591 bits per heavy atom. The van der Waals surface area contributed by atoms with Crippen LogP contribution in [0.1, 0.15) is 0 Å². The molecule has 0 aliphatic carbocycles. The minimum atomic E-state index is 0.328. The van der Waals surface area contributed by atoms with E-state index in [-0.39, 0.29) is 0 Å². The summed E-state index contributed by atoms with van der Waals surface area (Å²) in [7, 11) is 0. The zero-order valence-corrected chi connectivity index (χ0v) is 11.8. The first kappa shape index (κ1) is 11.6. The Hall–Kier alpha value is -3.00. The molecule has 0 atom stereocenters. The van der Waals surface area contributed by atoms with Gasteiger partial charge in [-0.3, -0.25) is 0 Å². The van der Waals surface area contributed by atoms with Gasteiger partial charge in [-0.15, -0.1) is 0 Å². The van der Waals surface area contributed by atoms with Crippen LogP contribution in [-0.2, 0) is 0 Å². The van der Waals surface area contributed by atoms with E-state index in [1.807, 2.05) is 18.2 Å². The number of aromatic nitrogens is 1. The third-order valence-electron chi connectivity index (χ3n) is 4.49. The first-order chi connectivity index (χ1) is 10.8. The number of phenols is 1. The molecule has 0 bridgehead atoms. The number of hydrogen-bond donors (Lipinski definition) is 2. The first-order valence-electron chi connectivity index (χ1n) is 7.37. The van der Waals surface area contributed by atoms with Gasteiger partial charge in [0.1, 0.15) is 5.75 Å². The van der Waals surface area contributed by atoms with Crippen LogP contribution in [0.5, 0.6) is 5.75 Å². The molecule has 1 aromatic heterocycles. The van der Waals surface area contributed by atoms with Gasteiger partial charge in [0.2, 0.25) is 0 Å². The number of hydrogen-bond acceptors (Lipinski definition) is 1. The number of aromatic hydroxyl groups is 1. The molecule has 2 nitrogen and oxygen atoms in total. The zero-order valence-electron chi connectivity index (χ0n) is 11.8. The summed E-state index contributed by atoms with van der Waals surface area (Å²) in [5, 5.41) is 17.0. The van der Waals surface area contributed by atoms with Gasteiger partial charge in [-0.25, -0.2) is 0 Å². The molecule has 5 rings (SSSR count). The predicted molar refractivity (Wildman–Crippen MR) is 92.5 cm³/mol. The molecule has 0 fully saturated rings. The molecule has 4 aromatic carbocycles. The van der Waals surface area contributed by atoms with Crippen LogP contribution in [0, 0.1) is 0 Å². The molecule has 0 unspecified atom stereocenters. The van der Waals surface area contributed by atoms with Gasteiger partial charge in [0.05, 0.1) is 0 Å². The fraction of sp³-hybridized carbons (Fsp3) is 0. The van der Waals surface area contributed by atoms with Crippen LogP contribution in [0.4, 0.5) is 0 Å². The van der Waals surface area contributed by atoms with E-state index in [9.17, 15) is 5.11 Å². The highest BCUT2D eigenvalue weighted by molar-refractivity contribution is 6.27. The molecular weight excluding hydrogens is 270 g/mol. The maximum atomic E-state index is 10.1. The fourth-order valence-corrected chi connectivity index (χ4v) is 3.50. The summed E-state index contributed by atoms with van der Waals surface area (Å²) in [6.45, 7) is 0. The molecular formula is C20H13NO. The van der Waals surface area contributed by atoms with Crippen molar-refractivity contribution in [3.63, 3.8) is 0 Å². The lowest BCUT2D eigenvalue weighted by Gasteiger charge is -2.04. The van der Waals surface area contributed by atoms with E-state index < -0.39 is 0 Å². The van der Waals surface area contributed by atoms with Gasteiger partial charge in [-0.2, -0.15) is 0 Å².